The lowest BCUT2D eigenvalue weighted by atomic mass is 10.2. The largest absolute Gasteiger partial charge is 0.390 e. The molecule has 0 bridgehead atoms. The van der Waals surface area contributed by atoms with Gasteiger partial charge in [-0.15, -0.1) is 0 Å². The van der Waals surface area contributed by atoms with E-state index in [-0.39, 0.29) is 6.54 Å². The Morgan fingerprint density at radius 2 is 2.00 bits per heavy atom. The highest BCUT2D eigenvalue weighted by Gasteiger charge is 2.13. The number of rotatable bonds is 5. The Labute approximate surface area is 94.9 Å². The number of aryl methyl sites for hydroxylation is 1. The fraction of sp³-hybridized carbons (Fsp3) is 0.400. The van der Waals surface area contributed by atoms with Gasteiger partial charge in [-0.2, -0.15) is 8.42 Å². The van der Waals surface area contributed by atoms with Gasteiger partial charge in [-0.05, 0) is 18.6 Å². The van der Waals surface area contributed by atoms with Crippen molar-refractivity contribution in [3.05, 3.63) is 29.8 Å². The predicted octanol–water partition coefficient (Wildman–Crippen LogP) is 0.656. The molecule has 1 unspecified atom stereocenters. The molecule has 1 atom stereocenters. The van der Waals surface area contributed by atoms with Crippen LogP contribution in [0, 0.1) is 6.92 Å². The third-order valence-corrected chi connectivity index (χ3v) is 2.88. The summed E-state index contributed by atoms with van der Waals surface area (Å²) in [4.78, 5) is 0. The Hall–Kier alpha value is -1.11. The van der Waals surface area contributed by atoms with E-state index in [2.05, 4.69) is 5.32 Å². The van der Waals surface area contributed by atoms with Crippen LogP contribution in [-0.2, 0) is 10.1 Å². The first-order valence-corrected chi connectivity index (χ1v) is 6.42. The second-order valence-electron chi connectivity index (χ2n) is 3.60. The summed E-state index contributed by atoms with van der Waals surface area (Å²) in [5.41, 5.74) is 1.83. The van der Waals surface area contributed by atoms with E-state index in [1.54, 1.807) is 0 Å². The zero-order chi connectivity index (χ0) is 12.2. The van der Waals surface area contributed by atoms with Crippen LogP contribution in [0.3, 0.4) is 0 Å². The monoisotopic (exact) mass is 245 g/mol. The van der Waals surface area contributed by atoms with Gasteiger partial charge in [-0.1, -0.05) is 18.2 Å². The number of aliphatic hydroxyl groups is 1. The number of para-hydroxylation sites is 1. The Kier molecular flexibility index (Phi) is 4.28. The quantitative estimate of drug-likeness (QED) is 0.663. The zero-order valence-electron chi connectivity index (χ0n) is 8.92. The summed E-state index contributed by atoms with van der Waals surface area (Å²) in [6.45, 7) is 1.97. The Morgan fingerprint density at radius 3 is 2.56 bits per heavy atom. The molecule has 0 amide bonds. The number of benzene rings is 1. The van der Waals surface area contributed by atoms with E-state index >= 15 is 0 Å². The molecule has 0 aliphatic heterocycles. The van der Waals surface area contributed by atoms with Crippen LogP contribution in [0.2, 0.25) is 0 Å². The Bertz CT molecular complexity index is 444. The molecule has 1 rings (SSSR count). The maximum absolute atomic E-state index is 10.5. The van der Waals surface area contributed by atoms with Gasteiger partial charge in [-0.25, -0.2) is 0 Å². The number of hydrogen-bond donors (Lipinski definition) is 3. The molecule has 5 nitrogen and oxygen atoms in total. The van der Waals surface area contributed by atoms with Gasteiger partial charge in [0.25, 0.3) is 10.1 Å². The van der Waals surface area contributed by atoms with Crippen molar-refractivity contribution in [2.75, 3.05) is 17.6 Å². The number of hydrogen-bond acceptors (Lipinski definition) is 4. The highest BCUT2D eigenvalue weighted by atomic mass is 32.2. The summed E-state index contributed by atoms with van der Waals surface area (Å²) < 4.78 is 29.5. The van der Waals surface area contributed by atoms with Crippen molar-refractivity contribution < 1.29 is 18.1 Å². The number of nitrogens with one attached hydrogen (secondary N) is 1. The molecule has 0 heterocycles. The van der Waals surface area contributed by atoms with Gasteiger partial charge >= 0.3 is 0 Å². The number of aliphatic hydroxyl groups excluding tert-OH is 1. The molecule has 0 radical (unpaired) electrons. The van der Waals surface area contributed by atoms with E-state index in [0.717, 1.165) is 11.3 Å². The fourth-order valence-electron chi connectivity index (χ4n) is 1.30. The molecule has 16 heavy (non-hydrogen) atoms. The van der Waals surface area contributed by atoms with Gasteiger partial charge in [-0.3, -0.25) is 4.55 Å². The van der Waals surface area contributed by atoms with Crippen LogP contribution >= 0.6 is 0 Å². The maximum atomic E-state index is 10.5. The SMILES string of the molecule is Cc1ccccc1NCC(O)CS(=O)(=O)O. The lowest BCUT2D eigenvalue weighted by molar-refractivity contribution is 0.208. The van der Waals surface area contributed by atoms with Crippen molar-refractivity contribution in [2.24, 2.45) is 0 Å². The average Bonchev–Trinajstić information content (AvgIpc) is 2.14. The molecule has 0 fully saturated rings. The molecule has 3 N–H and O–H groups in total. The molecule has 0 aliphatic carbocycles. The van der Waals surface area contributed by atoms with Gasteiger partial charge in [0, 0.05) is 12.2 Å². The van der Waals surface area contributed by atoms with Crippen LogP contribution in [0.25, 0.3) is 0 Å². The van der Waals surface area contributed by atoms with E-state index in [1.165, 1.54) is 0 Å². The molecule has 0 spiro atoms. The van der Waals surface area contributed by atoms with Crippen molar-refractivity contribution in [1.29, 1.82) is 0 Å². The molecule has 0 aromatic heterocycles. The van der Waals surface area contributed by atoms with Crippen molar-refractivity contribution in [3.8, 4) is 0 Å². The van der Waals surface area contributed by atoms with Crippen LogP contribution in [0.5, 0.6) is 0 Å². The van der Waals surface area contributed by atoms with Gasteiger partial charge in [0.1, 0.15) is 5.75 Å². The fourth-order valence-corrected chi connectivity index (χ4v) is 1.91. The number of anilines is 1. The van der Waals surface area contributed by atoms with E-state index in [1.807, 2.05) is 31.2 Å². The van der Waals surface area contributed by atoms with Crippen LogP contribution in [0.4, 0.5) is 5.69 Å². The van der Waals surface area contributed by atoms with Crippen molar-refractivity contribution in [1.82, 2.24) is 0 Å². The minimum Gasteiger partial charge on any atom is -0.390 e. The van der Waals surface area contributed by atoms with Gasteiger partial charge < -0.3 is 10.4 Å². The normalized spacial score (nSPS) is 13.4. The predicted molar refractivity (Wildman–Crippen MR) is 62.1 cm³/mol. The summed E-state index contributed by atoms with van der Waals surface area (Å²) >= 11 is 0. The minimum absolute atomic E-state index is 0.0741. The lowest BCUT2D eigenvalue weighted by Gasteiger charge is -2.12. The summed E-state index contributed by atoms with van der Waals surface area (Å²) in [7, 11) is -4.13. The summed E-state index contributed by atoms with van der Waals surface area (Å²) in [5, 5.41) is 12.2. The molecule has 90 valence electrons. The molecule has 6 heteroatoms. The Morgan fingerprint density at radius 1 is 1.38 bits per heavy atom. The molecule has 0 saturated heterocycles. The summed E-state index contributed by atoms with van der Waals surface area (Å²) in [5.74, 6) is -0.661. The van der Waals surface area contributed by atoms with Gasteiger partial charge in [0.15, 0.2) is 0 Å². The molecule has 0 saturated carbocycles. The van der Waals surface area contributed by atoms with E-state index < -0.39 is 22.0 Å². The first-order chi connectivity index (χ1) is 7.38. The zero-order valence-corrected chi connectivity index (χ0v) is 9.74. The Balaban J connectivity index is 2.49. The first-order valence-electron chi connectivity index (χ1n) is 4.81. The van der Waals surface area contributed by atoms with Gasteiger partial charge in [0.05, 0.1) is 6.10 Å². The van der Waals surface area contributed by atoms with Crippen LogP contribution in [0.15, 0.2) is 24.3 Å². The average molecular weight is 245 g/mol. The maximum Gasteiger partial charge on any atom is 0.267 e. The van der Waals surface area contributed by atoms with Gasteiger partial charge in [0.2, 0.25) is 0 Å². The van der Waals surface area contributed by atoms with E-state index in [0.29, 0.717) is 0 Å². The van der Waals surface area contributed by atoms with Crippen LogP contribution in [0.1, 0.15) is 5.56 Å². The summed E-state index contributed by atoms with van der Waals surface area (Å²) in [6.07, 6.45) is -1.13. The standard InChI is InChI=1S/C10H15NO4S/c1-8-4-2-3-5-10(8)11-6-9(12)7-16(13,14)15/h2-5,9,11-12H,6-7H2,1H3,(H,13,14,15). The molecular formula is C10H15NO4S. The molecule has 1 aromatic rings. The molecular weight excluding hydrogens is 230 g/mol. The molecule has 0 aliphatic rings. The second-order valence-corrected chi connectivity index (χ2v) is 5.10. The highest BCUT2D eigenvalue weighted by Crippen LogP contribution is 2.12. The summed E-state index contributed by atoms with van der Waals surface area (Å²) in [6, 6.07) is 7.45. The second kappa shape index (κ2) is 5.29. The van der Waals surface area contributed by atoms with E-state index in [9.17, 15) is 13.5 Å². The third kappa shape index (κ3) is 4.61. The van der Waals surface area contributed by atoms with Crippen molar-refractivity contribution in [3.63, 3.8) is 0 Å². The van der Waals surface area contributed by atoms with E-state index in [4.69, 9.17) is 4.55 Å². The van der Waals surface area contributed by atoms with Crippen LogP contribution < -0.4 is 5.32 Å². The minimum atomic E-state index is -4.13. The topological polar surface area (TPSA) is 86.6 Å². The van der Waals surface area contributed by atoms with Crippen LogP contribution in [-0.4, -0.2) is 36.5 Å². The van der Waals surface area contributed by atoms with Crippen molar-refractivity contribution >= 4 is 15.8 Å². The lowest BCUT2D eigenvalue weighted by Crippen LogP contribution is -2.27. The smallest absolute Gasteiger partial charge is 0.267 e. The first kappa shape index (κ1) is 13.0. The van der Waals surface area contributed by atoms with Crippen molar-refractivity contribution in [2.45, 2.75) is 13.0 Å². The third-order valence-electron chi connectivity index (χ3n) is 2.08. The highest BCUT2D eigenvalue weighted by molar-refractivity contribution is 7.85. The molecule has 1 aromatic carbocycles.